The maximum atomic E-state index is 4.62. The number of halogens is 1. The third-order valence-electron chi connectivity index (χ3n) is 2.84. The largest absolute Gasteiger partial charge is 0.342 e. The lowest BCUT2D eigenvalue weighted by Crippen LogP contribution is -2.18. The van der Waals surface area contributed by atoms with E-state index in [0.717, 1.165) is 30.1 Å². The van der Waals surface area contributed by atoms with Crippen LogP contribution in [-0.2, 0) is 0 Å². The van der Waals surface area contributed by atoms with Gasteiger partial charge in [-0.2, -0.15) is 0 Å². The molecule has 1 aromatic carbocycles. The lowest BCUT2D eigenvalue weighted by molar-refractivity contribution is 0.922. The zero-order valence-electron chi connectivity index (χ0n) is 8.33. The van der Waals surface area contributed by atoms with Crippen LogP contribution in [0.3, 0.4) is 0 Å². The topological polar surface area (TPSA) is 31.9 Å². The quantitative estimate of drug-likeness (QED) is 0.821. The van der Waals surface area contributed by atoms with Gasteiger partial charge < -0.3 is 9.88 Å². The Hall–Kier alpha value is -0.780. The molecule has 0 spiro atoms. The van der Waals surface area contributed by atoms with Gasteiger partial charge in [-0.25, -0.2) is 4.98 Å². The minimum atomic E-state index is 1.03. The number of aromatic amines is 1. The fraction of sp³-hybridized carbons (Fsp3) is 0.364. The number of hydrogen-bond donors (Lipinski definition) is 1. The first kappa shape index (κ1) is 9.45. The van der Waals surface area contributed by atoms with E-state index in [0.29, 0.717) is 0 Å². The van der Waals surface area contributed by atoms with Gasteiger partial charge in [-0.1, -0.05) is 0 Å². The van der Waals surface area contributed by atoms with Gasteiger partial charge in [-0.15, -0.1) is 0 Å². The lowest BCUT2D eigenvalue weighted by atomic mass is 10.3. The Morgan fingerprint density at radius 1 is 1.27 bits per heavy atom. The molecule has 0 bridgehead atoms. The molecule has 2 heterocycles. The number of H-pyrrole nitrogens is 1. The average Bonchev–Trinajstić information content (AvgIpc) is 2.84. The van der Waals surface area contributed by atoms with Gasteiger partial charge >= 0.3 is 0 Å². The van der Waals surface area contributed by atoms with Crippen molar-refractivity contribution in [2.24, 2.45) is 0 Å². The lowest BCUT2D eigenvalue weighted by Gasteiger charge is -2.12. The summed E-state index contributed by atoms with van der Waals surface area (Å²) in [6.07, 6.45) is 2.57. The number of hydrogen-bond acceptors (Lipinski definition) is 2. The molecule has 0 unspecified atom stereocenters. The number of fused-ring (bicyclic) bond motifs is 1. The molecule has 0 aliphatic carbocycles. The van der Waals surface area contributed by atoms with Crippen LogP contribution in [0, 0.1) is 3.57 Å². The highest BCUT2D eigenvalue weighted by atomic mass is 127. The summed E-state index contributed by atoms with van der Waals surface area (Å²) in [5, 5.41) is 0. The van der Waals surface area contributed by atoms with Crippen molar-refractivity contribution in [1.82, 2.24) is 9.97 Å². The van der Waals surface area contributed by atoms with Crippen molar-refractivity contribution in [3.8, 4) is 0 Å². The van der Waals surface area contributed by atoms with Crippen molar-refractivity contribution in [3.05, 3.63) is 21.8 Å². The van der Waals surface area contributed by atoms with Crippen LogP contribution in [0.15, 0.2) is 18.2 Å². The molecular weight excluding hydrogens is 301 g/mol. The van der Waals surface area contributed by atoms with Crippen LogP contribution < -0.4 is 4.90 Å². The highest BCUT2D eigenvalue weighted by Crippen LogP contribution is 2.22. The Morgan fingerprint density at radius 2 is 2.07 bits per heavy atom. The molecule has 0 radical (unpaired) electrons. The number of aromatic nitrogens is 2. The molecule has 15 heavy (non-hydrogen) atoms. The second-order valence-electron chi connectivity index (χ2n) is 3.92. The van der Waals surface area contributed by atoms with Gasteiger partial charge in [0.15, 0.2) is 0 Å². The van der Waals surface area contributed by atoms with Gasteiger partial charge in [0.2, 0.25) is 5.95 Å². The highest BCUT2D eigenvalue weighted by Gasteiger charge is 2.15. The molecule has 0 saturated carbocycles. The van der Waals surface area contributed by atoms with E-state index in [9.17, 15) is 0 Å². The Labute approximate surface area is 102 Å². The van der Waals surface area contributed by atoms with Crippen molar-refractivity contribution in [2.45, 2.75) is 12.8 Å². The summed E-state index contributed by atoms with van der Waals surface area (Å²) >= 11 is 2.32. The average molecular weight is 313 g/mol. The molecular formula is C11H12IN3. The molecule has 1 aromatic heterocycles. The van der Waals surface area contributed by atoms with Gasteiger partial charge in [0.25, 0.3) is 0 Å². The Kier molecular flexibility index (Phi) is 2.31. The van der Waals surface area contributed by atoms with Gasteiger partial charge in [-0.3, -0.25) is 0 Å². The van der Waals surface area contributed by atoms with E-state index < -0.39 is 0 Å². The second-order valence-corrected chi connectivity index (χ2v) is 5.16. The van der Waals surface area contributed by atoms with E-state index >= 15 is 0 Å². The van der Waals surface area contributed by atoms with Crippen LogP contribution in [0.1, 0.15) is 12.8 Å². The summed E-state index contributed by atoms with van der Waals surface area (Å²) in [4.78, 5) is 10.3. The van der Waals surface area contributed by atoms with Crippen LogP contribution >= 0.6 is 22.6 Å². The minimum Gasteiger partial charge on any atom is -0.342 e. The summed E-state index contributed by atoms with van der Waals surface area (Å²) in [5.41, 5.74) is 2.21. The van der Waals surface area contributed by atoms with E-state index in [2.05, 4.69) is 55.7 Å². The molecule has 0 atom stereocenters. The van der Waals surface area contributed by atoms with Gasteiger partial charge in [0.1, 0.15) is 0 Å². The Bertz CT molecular complexity index is 486. The molecule has 78 valence electrons. The van der Waals surface area contributed by atoms with Crippen LogP contribution in [0.5, 0.6) is 0 Å². The molecule has 1 aliphatic heterocycles. The van der Waals surface area contributed by atoms with E-state index in [1.54, 1.807) is 0 Å². The number of benzene rings is 1. The van der Waals surface area contributed by atoms with Crippen molar-refractivity contribution < 1.29 is 0 Å². The number of nitrogens with zero attached hydrogens (tertiary/aromatic N) is 2. The summed E-state index contributed by atoms with van der Waals surface area (Å²) in [6.45, 7) is 2.27. The molecule has 4 heteroatoms. The maximum Gasteiger partial charge on any atom is 0.203 e. The normalized spacial score (nSPS) is 16.5. The van der Waals surface area contributed by atoms with Gasteiger partial charge in [-0.05, 0) is 53.6 Å². The van der Waals surface area contributed by atoms with Gasteiger partial charge in [0, 0.05) is 16.7 Å². The summed E-state index contributed by atoms with van der Waals surface area (Å²) < 4.78 is 1.24. The van der Waals surface area contributed by atoms with Gasteiger partial charge in [0.05, 0.1) is 11.0 Å². The SMILES string of the molecule is Ic1ccc2[nH]c(N3CCCC3)nc2c1. The van der Waals surface area contributed by atoms with Crippen molar-refractivity contribution in [1.29, 1.82) is 0 Å². The molecule has 1 fully saturated rings. The van der Waals surface area contributed by atoms with Crippen molar-refractivity contribution >= 4 is 39.6 Å². The molecule has 2 aromatic rings. The zero-order chi connectivity index (χ0) is 10.3. The van der Waals surface area contributed by atoms with E-state index in [-0.39, 0.29) is 0 Å². The predicted molar refractivity (Wildman–Crippen MR) is 70.3 cm³/mol. The Balaban J connectivity index is 2.05. The second kappa shape index (κ2) is 3.66. The fourth-order valence-electron chi connectivity index (χ4n) is 2.04. The zero-order valence-corrected chi connectivity index (χ0v) is 10.5. The first-order valence-corrected chi connectivity index (χ1v) is 6.31. The summed E-state index contributed by atoms with van der Waals surface area (Å²) in [5.74, 6) is 1.03. The van der Waals surface area contributed by atoms with E-state index in [4.69, 9.17) is 0 Å². The predicted octanol–water partition coefficient (Wildman–Crippen LogP) is 2.77. The molecule has 1 saturated heterocycles. The van der Waals surface area contributed by atoms with Crippen LogP contribution in [0.25, 0.3) is 11.0 Å². The molecule has 3 rings (SSSR count). The van der Waals surface area contributed by atoms with Crippen LogP contribution in [0.4, 0.5) is 5.95 Å². The first-order valence-electron chi connectivity index (χ1n) is 5.23. The number of rotatable bonds is 1. The standard InChI is InChI=1S/C11H12IN3/c12-8-3-4-9-10(7-8)14-11(13-9)15-5-1-2-6-15/h3-4,7H,1-2,5-6H2,(H,13,14). The van der Waals surface area contributed by atoms with Crippen molar-refractivity contribution in [2.75, 3.05) is 18.0 Å². The molecule has 0 amide bonds. The fourth-order valence-corrected chi connectivity index (χ4v) is 2.52. The molecule has 1 aliphatic rings. The maximum absolute atomic E-state index is 4.62. The molecule has 3 nitrogen and oxygen atoms in total. The van der Waals surface area contributed by atoms with Crippen LogP contribution in [0.2, 0.25) is 0 Å². The van der Waals surface area contributed by atoms with E-state index in [1.807, 2.05) is 0 Å². The van der Waals surface area contributed by atoms with Crippen LogP contribution in [-0.4, -0.2) is 23.1 Å². The van der Waals surface area contributed by atoms with E-state index in [1.165, 1.54) is 16.4 Å². The minimum absolute atomic E-state index is 1.03. The highest BCUT2D eigenvalue weighted by molar-refractivity contribution is 14.1. The van der Waals surface area contributed by atoms with Crippen molar-refractivity contribution in [3.63, 3.8) is 0 Å². The third kappa shape index (κ3) is 1.71. The number of anilines is 1. The summed E-state index contributed by atoms with van der Waals surface area (Å²) in [7, 11) is 0. The molecule has 1 N–H and O–H groups in total. The number of nitrogens with one attached hydrogen (secondary N) is 1. The Morgan fingerprint density at radius 3 is 2.87 bits per heavy atom. The summed E-state index contributed by atoms with van der Waals surface area (Å²) in [6, 6.07) is 6.32. The smallest absolute Gasteiger partial charge is 0.203 e. The monoisotopic (exact) mass is 313 g/mol. The number of imidazole rings is 1. The third-order valence-corrected chi connectivity index (χ3v) is 3.51. The first-order chi connectivity index (χ1) is 7.33.